The van der Waals surface area contributed by atoms with E-state index >= 15 is 0 Å². The highest BCUT2D eigenvalue weighted by Gasteiger charge is 2.42. The van der Waals surface area contributed by atoms with Crippen LogP contribution in [0.4, 0.5) is 0 Å². The molecule has 2 N–H and O–H groups in total. The molecule has 0 aliphatic heterocycles. The summed E-state index contributed by atoms with van der Waals surface area (Å²) in [5.41, 5.74) is 1.06. The van der Waals surface area contributed by atoms with Crippen LogP contribution in [0.5, 0.6) is 0 Å². The van der Waals surface area contributed by atoms with Gasteiger partial charge in [0.2, 0.25) is 0 Å². The number of rotatable bonds is 6. The first-order valence-electron chi connectivity index (χ1n) is 7.82. The summed E-state index contributed by atoms with van der Waals surface area (Å²) < 4.78 is 0. The van der Waals surface area contributed by atoms with Crippen LogP contribution in [0.1, 0.15) is 28.8 Å². The number of nitrogens with one attached hydrogen (secondary N) is 1. The van der Waals surface area contributed by atoms with Gasteiger partial charge in [-0.15, -0.1) is 0 Å². The molecule has 0 aromatic heterocycles. The monoisotopic (exact) mass is 338 g/mol. The van der Waals surface area contributed by atoms with Crippen molar-refractivity contribution < 1.29 is 9.90 Å². The maximum absolute atomic E-state index is 12.5. The number of carbonyl (C=O) groups excluding carboxylic acids is 1. The molecule has 0 saturated heterocycles. The number of nitriles is 1. The molecule has 0 heterocycles. The third kappa shape index (κ3) is 3.61. The van der Waals surface area contributed by atoms with Gasteiger partial charge in [-0.2, -0.15) is 5.26 Å². The lowest BCUT2D eigenvalue weighted by Gasteiger charge is -2.14. The van der Waals surface area contributed by atoms with Gasteiger partial charge in [0, 0.05) is 21.8 Å². The summed E-state index contributed by atoms with van der Waals surface area (Å²) in [7, 11) is 0. The Balaban J connectivity index is 1.78. The van der Waals surface area contributed by atoms with E-state index in [0.29, 0.717) is 17.7 Å². The van der Waals surface area contributed by atoms with Gasteiger partial charge >= 0.3 is 0 Å². The second kappa shape index (κ2) is 7.08. The first-order valence-corrected chi connectivity index (χ1v) is 8.64. The van der Waals surface area contributed by atoms with E-state index in [2.05, 4.69) is 11.4 Å². The third-order valence-electron chi connectivity index (χ3n) is 4.28. The van der Waals surface area contributed by atoms with Gasteiger partial charge in [-0.1, -0.05) is 36.0 Å². The van der Waals surface area contributed by atoms with Crippen LogP contribution in [0, 0.1) is 16.7 Å². The first-order chi connectivity index (χ1) is 11.7. The standard InChI is InChI=1S/C19H18N2O2S/c20-11-14-5-1-3-7-16(14)24-17-8-4-2-6-15(17)18(23)21-12-19(13-22)9-10-19/h1-8,22H,9-10,12-13H2,(H,21,23). The van der Waals surface area contributed by atoms with E-state index in [1.54, 1.807) is 12.1 Å². The average Bonchev–Trinajstić information content (AvgIpc) is 3.41. The molecule has 0 atom stereocenters. The molecule has 2 aromatic rings. The summed E-state index contributed by atoms with van der Waals surface area (Å²) in [4.78, 5) is 14.2. The number of hydrogen-bond donors (Lipinski definition) is 2. The van der Waals surface area contributed by atoms with Gasteiger partial charge in [-0.25, -0.2) is 0 Å². The van der Waals surface area contributed by atoms with Crippen LogP contribution in [-0.2, 0) is 0 Å². The number of aliphatic hydroxyl groups is 1. The molecule has 1 fully saturated rings. The highest BCUT2D eigenvalue weighted by atomic mass is 32.2. The molecular formula is C19H18N2O2S. The van der Waals surface area contributed by atoms with E-state index < -0.39 is 0 Å². The molecule has 3 rings (SSSR count). The summed E-state index contributed by atoms with van der Waals surface area (Å²) in [6, 6.07) is 16.9. The van der Waals surface area contributed by atoms with Crippen LogP contribution in [-0.4, -0.2) is 24.2 Å². The van der Waals surface area contributed by atoms with Gasteiger partial charge in [-0.3, -0.25) is 4.79 Å². The van der Waals surface area contributed by atoms with Gasteiger partial charge in [0.05, 0.1) is 17.7 Å². The van der Waals surface area contributed by atoms with Crippen LogP contribution in [0.25, 0.3) is 0 Å². The van der Waals surface area contributed by atoms with Crippen molar-refractivity contribution in [1.82, 2.24) is 5.32 Å². The molecule has 0 radical (unpaired) electrons. The van der Waals surface area contributed by atoms with Gasteiger partial charge in [0.1, 0.15) is 6.07 Å². The maximum Gasteiger partial charge on any atom is 0.252 e. The molecule has 1 amide bonds. The Labute approximate surface area is 145 Å². The Morgan fingerprint density at radius 3 is 2.50 bits per heavy atom. The minimum Gasteiger partial charge on any atom is -0.396 e. The lowest BCUT2D eigenvalue weighted by molar-refractivity contribution is 0.0932. The van der Waals surface area contributed by atoms with Crippen molar-refractivity contribution in [3.63, 3.8) is 0 Å². The molecule has 1 aliphatic rings. The van der Waals surface area contributed by atoms with E-state index in [1.807, 2.05) is 36.4 Å². The Kier molecular flexibility index (Phi) is 4.89. The largest absolute Gasteiger partial charge is 0.396 e. The van der Waals surface area contributed by atoms with E-state index in [-0.39, 0.29) is 17.9 Å². The predicted molar refractivity (Wildman–Crippen MR) is 92.8 cm³/mol. The van der Waals surface area contributed by atoms with E-state index in [1.165, 1.54) is 11.8 Å². The van der Waals surface area contributed by atoms with Crippen LogP contribution in [0.3, 0.4) is 0 Å². The predicted octanol–water partition coefficient (Wildman–Crippen LogP) is 3.21. The normalized spacial score (nSPS) is 14.7. The zero-order valence-electron chi connectivity index (χ0n) is 13.2. The SMILES string of the molecule is N#Cc1ccccc1Sc1ccccc1C(=O)NCC1(CO)CC1. The lowest BCUT2D eigenvalue weighted by atomic mass is 10.1. The first kappa shape index (κ1) is 16.6. The molecule has 5 heteroatoms. The minimum absolute atomic E-state index is 0.110. The van der Waals surface area contributed by atoms with Crippen molar-refractivity contribution in [3.05, 3.63) is 59.7 Å². The van der Waals surface area contributed by atoms with E-state index in [0.717, 1.165) is 22.6 Å². The zero-order chi connectivity index (χ0) is 17.0. The van der Waals surface area contributed by atoms with Gasteiger partial charge in [0.25, 0.3) is 5.91 Å². The van der Waals surface area contributed by atoms with Crippen molar-refractivity contribution in [3.8, 4) is 6.07 Å². The molecule has 1 aliphatic carbocycles. The number of carbonyl (C=O) groups is 1. The summed E-state index contributed by atoms with van der Waals surface area (Å²) in [6.45, 7) is 0.606. The Morgan fingerprint density at radius 1 is 1.17 bits per heavy atom. The summed E-state index contributed by atoms with van der Waals surface area (Å²) in [6.07, 6.45) is 1.91. The maximum atomic E-state index is 12.5. The lowest BCUT2D eigenvalue weighted by Crippen LogP contribution is -2.32. The zero-order valence-corrected chi connectivity index (χ0v) is 14.0. The van der Waals surface area contributed by atoms with Crippen molar-refractivity contribution in [2.75, 3.05) is 13.2 Å². The molecule has 122 valence electrons. The Hall–Kier alpha value is -2.29. The molecule has 2 aromatic carbocycles. The Morgan fingerprint density at radius 2 is 1.83 bits per heavy atom. The van der Waals surface area contributed by atoms with Crippen LogP contribution >= 0.6 is 11.8 Å². The topological polar surface area (TPSA) is 73.1 Å². The summed E-state index contributed by atoms with van der Waals surface area (Å²) in [5.74, 6) is -0.146. The van der Waals surface area contributed by atoms with Crippen LogP contribution in [0.15, 0.2) is 58.3 Å². The highest BCUT2D eigenvalue weighted by molar-refractivity contribution is 7.99. The van der Waals surface area contributed by atoms with Crippen molar-refractivity contribution in [2.24, 2.45) is 5.41 Å². The van der Waals surface area contributed by atoms with Gasteiger partial charge in [0.15, 0.2) is 0 Å². The summed E-state index contributed by atoms with van der Waals surface area (Å²) in [5, 5.41) is 21.5. The quantitative estimate of drug-likeness (QED) is 0.848. The number of benzene rings is 2. The fraction of sp³-hybridized carbons (Fsp3) is 0.263. The number of amides is 1. The van der Waals surface area contributed by atoms with E-state index in [4.69, 9.17) is 0 Å². The molecule has 0 unspecified atom stereocenters. The average molecular weight is 338 g/mol. The molecular weight excluding hydrogens is 320 g/mol. The number of hydrogen-bond acceptors (Lipinski definition) is 4. The molecule has 1 saturated carbocycles. The Bertz CT molecular complexity index is 794. The second-order valence-corrected chi connectivity index (χ2v) is 7.13. The number of aliphatic hydroxyl groups excluding tert-OH is 1. The summed E-state index contributed by atoms with van der Waals surface area (Å²) >= 11 is 1.42. The molecule has 4 nitrogen and oxygen atoms in total. The van der Waals surface area contributed by atoms with Crippen molar-refractivity contribution in [2.45, 2.75) is 22.6 Å². The molecule has 24 heavy (non-hydrogen) atoms. The van der Waals surface area contributed by atoms with Gasteiger partial charge < -0.3 is 10.4 Å². The molecule has 0 spiro atoms. The van der Waals surface area contributed by atoms with Crippen molar-refractivity contribution in [1.29, 1.82) is 5.26 Å². The number of nitrogens with zero attached hydrogens (tertiary/aromatic N) is 1. The highest BCUT2D eigenvalue weighted by Crippen LogP contribution is 2.44. The van der Waals surface area contributed by atoms with Crippen LogP contribution in [0.2, 0.25) is 0 Å². The molecule has 0 bridgehead atoms. The van der Waals surface area contributed by atoms with Crippen LogP contribution < -0.4 is 5.32 Å². The fourth-order valence-electron chi connectivity index (χ4n) is 2.44. The smallest absolute Gasteiger partial charge is 0.252 e. The third-order valence-corrected chi connectivity index (χ3v) is 5.43. The van der Waals surface area contributed by atoms with Gasteiger partial charge in [-0.05, 0) is 37.1 Å². The van der Waals surface area contributed by atoms with E-state index in [9.17, 15) is 15.2 Å². The minimum atomic E-state index is -0.146. The second-order valence-electron chi connectivity index (χ2n) is 6.05. The van der Waals surface area contributed by atoms with Crippen molar-refractivity contribution >= 4 is 17.7 Å². The fourth-order valence-corrected chi connectivity index (χ4v) is 3.46.